The minimum atomic E-state index is 0.421. The van der Waals surface area contributed by atoms with E-state index in [1.807, 2.05) is 18.1 Å². The molecule has 0 fully saturated rings. The summed E-state index contributed by atoms with van der Waals surface area (Å²) in [4.78, 5) is 5.66. The lowest BCUT2D eigenvalue weighted by Crippen LogP contribution is -2.27. The second-order valence-corrected chi connectivity index (χ2v) is 3.90. The Morgan fingerprint density at radius 2 is 2.00 bits per heavy atom. The molecule has 1 aromatic rings. The molecule has 2 heteroatoms. The van der Waals surface area contributed by atoms with Crippen molar-refractivity contribution in [2.45, 2.75) is 32.9 Å². The van der Waals surface area contributed by atoms with Gasteiger partial charge in [-0.1, -0.05) is 37.3 Å². The van der Waals surface area contributed by atoms with Gasteiger partial charge in [0.25, 0.3) is 0 Å². The number of hydroxylamine groups is 2. The van der Waals surface area contributed by atoms with Crippen LogP contribution in [0.3, 0.4) is 0 Å². The molecular formula is C13H17NO. The molecule has 0 aliphatic carbocycles. The second kappa shape index (κ2) is 4.49. The van der Waals surface area contributed by atoms with Crippen LogP contribution in [0.2, 0.25) is 0 Å². The first-order chi connectivity index (χ1) is 7.29. The largest absolute Gasteiger partial charge is 0.410 e. The lowest BCUT2D eigenvalue weighted by molar-refractivity contribution is -0.125. The van der Waals surface area contributed by atoms with Crippen molar-refractivity contribution < 1.29 is 4.84 Å². The van der Waals surface area contributed by atoms with Crippen LogP contribution < -0.4 is 0 Å². The molecule has 2 rings (SSSR count). The lowest BCUT2D eigenvalue weighted by Gasteiger charge is -2.21. The number of nitrogens with zero attached hydrogens (tertiary/aromatic N) is 1. The van der Waals surface area contributed by atoms with E-state index in [0.29, 0.717) is 6.04 Å². The Hall–Kier alpha value is -1.28. The maximum Gasteiger partial charge on any atom is 0.119 e. The number of hydrogen-bond acceptors (Lipinski definition) is 2. The molecule has 0 N–H and O–H groups in total. The molecule has 2 nitrogen and oxygen atoms in total. The molecule has 0 spiro atoms. The van der Waals surface area contributed by atoms with Crippen LogP contribution >= 0.6 is 0 Å². The van der Waals surface area contributed by atoms with Gasteiger partial charge < -0.3 is 4.84 Å². The van der Waals surface area contributed by atoms with Crippen LogP contribution in [0, 0.1) is 0 Å². The fraction of sp³-hybridized carbons (Fsp3) is 0.385. The van der Waals surface area contributed by atoms with Gasteiger partial charge in [-0.15, -0.1) is 5.06 Å². The third kappa shape index (κ3) is 2.39. The first-order valence-corrected chi connectivity index (χ1v) is 5.46. The average molecular weight is 203 g/mol. The van der Waals surface area contributed by atoms with Crippen molar-refractivity contribution in [2.75, 3.05) is 0 Å². The number of rotatable bonds is 3. The molecule has 15 heavy (non-hydrogen) atoms. The molecule has 1 aliphatic rings. The molecule has 0 aromatic heterocycles. The molecule has 0 saturated carbocycles. The first-order valence-electron chi connectivity index (χ1n) is 5.46. The summed E-state index contributed by atoms with van der Waals surface area (Å²) < 4.78 is 0. The SMILES string of the molecule is CCC1C=C(C)ON1Cc1ccccc1. The van der Waals surface area contributed by atoms with Gasteiger partial charge >= 0.3 is 0 Å². The highest BCUT2D eigenvalue weighted by Gasteiger charge is 2.23. The van der Waals surface area contributed by atoms with E-state index in [1.54, 1.807) is 0 Å². The highest BCUT2D eigenvalue weighted by atomic mass is 16.7. The maximum absolute atomic E-state index is 5.66. The van der Waals surface area contributed by atoms with Crippen LogP contribution in [0.5, 0.6) is 0 Å². The number of benzene rings is 1. The van der Waals surface area contributed by atoms with Gasteiger partial charge in [0.1, 0.15) is 5.76 Å². The molecule has 0 radical (unpaired) electrons. The summed E-state index contributed by atoms with van der Waals surface area (Å²) in [6.45, 7) is 5.04. The third-order valence-electron chi connectivity index (χ3n) is 2.66. The summed E-state index contributed by atoms with van der Waals surface area (Å²) >= 11 is 0. The lowest BCUT2D eigenvalue weighted by atomic mass is 10.1. The minimum Gasteiger partial charge on any atom is -0.410 e. The summed E-state index contributed by atoms with van der Waals surface area (Å²) in [5.41, 5.74) is 1.29. The van der Waals surface area contributed by atoms with E-state index in [9.17, 15) is 0 Å². The van der Waals surface area contributed by atoms with Gasteiger partial charge in [-0.05, 0) is 25.0 Å². The Balaban J connectivity index is 2.02. The molecule has 80 valence electrons. The standard InChI is InChI=1S/C13H17NO/c1-3-13-9-11(2)15-14(13)10-12-7-5-4-6-8-12/h4-9,13H,3,10H2,1-2H3. The first kappa shape index (κ1) is 10.2. The fourth-order valence-corrected chi connectivity index (χ4v) is 1.87. The summed E-state index contributed by atoms with van der Waals surface area (Å²) in [5, 5.41) is 2.05. The van der Waals surface area contributed by atoms with Gasteiger partial charge in [0.15, 0.2) is 0 Å². The van der Waals surface area contributed by atoms with Crippen molar-refractivity contribution in [3.05, 3.63) is 47.7 Å². The van der Waals surface area contributed by atoms with Crippen LogP contribution in [0.4, 0.5) is 0 Å². The monoisotopic (exact) mass is 203 g/mol. The molecule has 1 aliphatic heterocycles. The smallest absolute Gasteiger partial charge is 0.119 e. The van der Waals surface area contributed by atoms with Gasteiger partial charge in [-0.2, -0.15) is 0 Å². The molecule has 0 saturated heterocycles. The average Bonchev–Trinajstić information content (AvgIpc) is 2.60. The van der Waals surface area contributed by atoms with Crippen LogP contribution in [0.1, 0.15) is 25.8 Å². The van der Waals surface area contributed by atoms with Gasteiger partial charge in [0.2, 0.25) is 0 Å². The van der Waals surface area contributed by atoms with Crippen LogP contribution in [-0.2, 0) is 11.4 Å². The van der Waals surface area contributed by atoms with E-state index in [4.69, 9.17) is 4.84 Å². The Morgan fingerprint density at radius 1 is 1.27 bits per heavy atom. The van der Waals surface area contributed by atoms with E-state index in [2.05, 4.69) is 37.3 Å². The van der Waals surface area contributed by atoms with Gasteiger partial charge in [-0.3, -0.25) is 0 Å². The molecule has 0 bridgehead atoms. The highest BCUT2D eigenvalue weighted by molar-refractivity contribution is 5.15. The predicted molar refractivity (Wildman–Crippen MR) is 60.9 cm³/mol. The quantitative estimate of drug-likeness (QED) is 0.748. The fourth-order valence-electron chi connectivity index (χ4n) is 1.87. The van der Waals surface area contributed by atoms with E-state index in [0.717, 1.165) is 18.7 Å². The zero-order chi connectivity index (χ0) is 10.7. The molecule has 1 unspecified atom stereocenters. The minimum absolute atomic E-state index is 0.421. The predicted octanol–water partition coefficient (Wildman–Crippen LogP) is 3.12. The summed E-state index contributed by atoms with van der Waals surface area (Å²) in [7, 11) is 0. The van der Waals surface area contributed by atoms with E-state index in [-0.39, 0.29) is 0 Å². The van der Waals surface area contributed by atoms with E-state index in [1.165, 1.54) is 5.56 Å². The molecular weight excluding hydrogens is 186 g/mol. The molecule has 1 aromatic carbocycles. The van der Waals surface area contributed by atoms with Crippen molar-refractivity contribution in [2.24, 2.45) is 0 Å². The zero-order valence-electron chi connectivity index (χ0n) is 9.31. The number of allylic oxidation sites excluding steroid dienone is 1. The van der Waals surface area contributed by atoms with Crippen molar-refractivity contribution in [3.63, 3.8) is 0 Å². The Kier molecular flexibility index (Phi) is 3.07. The van der Waals surface area contributed by atoms with E-state index < -0.39 is 0 Å². The van der Waals surface area contributed by atoms with Gasteiger partial charge in [-0.25, -0.2) is 0 Å². The number of hydrogen-bond donors (Lipinski definition) is 0. The van der Waals surface area contributed by atoms with Crippen molar-refractivity contribution in [1.82, 2.24) is 5.06 Å². The van der Waals surface area contributed by atoms with E-state index >= 15 is 0 Å². The third-order valence-corrected chi connectivity index (χ3v) is 2.66. The second-order valence-electron chi connectivity index (χ2n) is 3.90. The van der Waals surface area contributed by atoms with Crippen molar-refractivity contribution >= 4 is 0 Å². The highest BCUT2D eigenvalue weighted by Crippen LogP contribution is 2.22. The Labute approximate surface area is 91.1 Å². The van der Waals surface area contributed by atoms with Gasteiger partial charge in [0, 0.05) is 0 Å². The van der Waals surface area contributed by atoms with Crippen LogP contribution in [0.25, 0.3) is 0 Å². The summed E-state index contributed by atoms with van der Waals surface area (Å²) in [5.74, 6) is 1.01. The normalized spacial score (nSPS) is 21.2. The molecule has 1 heterocycles. The Bertz CT molecular complexity index is 345. The summed E-state index contributed by atoms with van der Waals surface area (Å²) in [6.07, 6.45) is 3.27. The van der Waals surface area contributed by atoms with Crippen LogP contribution in [-0.4, -0.2) is 11.1 Å². The Morgan fingerprint density at radius 3 is 2.67 bits per heavy atom. The van der Waals surface area contributed by atoms with Crippen molar-refractivity contribution in [3.8, 4) is 0 Å². The topological polar surface area (TPSA) is 12.5 Å². The van der Waals surface area contributed by atoms with Crippen LogP contribution in [0.15, 0.2) is 42.2 Å². The van der Waals surface area contributed by atoms with Gasteiger partial charge in [0.05, 0.1) is 12.6 Å². The summed E-state index contributed by atoms with van der Waals surface area (Å²) in [6, 6.07) is 10.8. The maximum atomic E-state index is 5.66. The van der Waals surface area contributed by atoms with Crippen molar-refractivity contribution in [1.29, 1.82) is 0 Å². The molecule has 0 amide bonds. The molecule has 1 atom stereocenters. The zero-order valence-corrected chi connectivity index (χ0v) is 9.31.